The number of anilines is 1. The van der Waals surface area contributed by atoms with E-state index in [2.05, 4.69) is 48.3 Å². The Balaban J connectivity index is 1.61. The summed E-state index contributed by atoms with van der Waals surface area (Å²) in [5.41, 5.74) is 7.26. The molecule has 10 nitrogen and oxygen atoms in total. The molecular formula is C33H37N3O7SSi. The van der Waals surface area contributed by atoms with Crippen LogP contribution in [0.15, 0.2) is 65.4 Å². The molecule has 1 saturated heterocycles. The number of imide groups is 1. The van der Waals surface area contributed by atoms with Crippen LogP contribution in [-0.4, -0.2) is 87.6 Å². The van der Waals surface area contributed by atoms with Gasteiger partial charge in [0.1, 0.15) is 21.7 Å². The molecule has 0 N–H and O–H groups in total. The first-order chi connectivity index (χ1) is 21.1. The lowest BCUT2D eigenvalue weighted by Crippen LogP contribution is -2.49. The number of rotatable bonds is 8. The maximum Gasteiger partial charge on any atom is 0.363 e. The number of hydrogen-bond acceptors (Lipinski definition) is 8. The van der Waals surface area contributed by atoms with Crippen molar-refractivity contribution in [1.29, 1.82) is 0 Å². The molecule has 12 heteroatoms. The van der Waals surface area contributed by atoms with Gasteiger partial charge in [0.25, 0.3) is 11.8 Å². The number of aryl methyl sites for hydroxylation is 1. The zero-order valence-electron chi connectivity index (χ0n) is 26.3. The van der Waals surface area contributed by atoms with Gasteiger partial charge in [-0.3, -0.25) is 9.59 Å². The maximum absolute atomic E-state index is 12.9. The maximum atomic E-state index is 12.9. The first-order valence-electron chi connectivity index (χ1n) is 14.8. The minimum atomic E-state index is -4.28. The van der Waals surface area contributed by atoms with E-state index in [0.717, 1.165) is 39.2 Å². The average molecular weight is 648 g/mol. The van der Waals surface area contributed by atoms with Gasteiger partial charge in [-0.25, -0.2) is 17.8 Å². The lowest BCUT2D eigenvalue weighted by Gasteiger charge is -2.38. The van der Waals surface area contributed by atoms with E-state index in [1.807, 2.05) is 44.8 Å². The van der Waals surface area contributed by atoms with Crippen LogP contribution in [0.1, 0.15) is 46.3 Å². The van der Waals surface area contributed by atoms with Crippen molar-refractivity contribution in [3.63, 3.8) is 0 Å². The van der Waals surface area contributed by atoms with Crippen molar-refractivity contribution in [2.24, 2.45) is 0 Å². The van der Waals surface area contributed by atoms with Crippen LogP contribution in [0.4, 0.5) is 5.69 Å². The van der Waals surface area contributed by atoms with E-state index in [4.69, 9.17) is 4.84 Å². The smallest absolute Gasteiger partial charge is 0.363 e. The molecule has 1 fully saturated rings. The molecule has 0 unspecified atom stereocenters. The van der Waals surface area contributed by atoms with Crippen LogP contribution in [-0.2, 0) is 24.5 Å². The molecule has 1 aliphatic carbocycles. The monoisotopic (exact) mass is 647 g/mol. The first-order valence-corrected chi connectivity index (χ1v) is 19.3. The summed E-state index contributed by atoms with van der Waals surface area (Å²) in [5.74, 6) is -2.24. The Labute approximate surface area is 264 Å². The van der Waals surface area contributed by atoms with Crippen LogP contribution in [0.5, 0.6) is 0 Å². The highest BCUT2D eigenvalue weighted by molar-refractivity contribution is 7.85. The quantitative estimate of drug-likeness (QED) is 0.185. The van der Waals surface area contributed by atoms with E-state index < -0.39 is 41.7 Å². The van der Waals surface area contributed by atoms with Gasteiger partial charge in [0, 0.05) is 57.0 Å². The third kappa shape index (κ3) is 6.35. The molecule has 0 saturated carbocycles. The van der Waals surface area contributed by atoms with Crippen LogP contribution in [0.25, 0.3) is 5.57 Å². The zero-order valence-corrected chi connectivity index (χ0v) is 28.2. The molecule has 0 atom stereocenters. The fraction of sp³-hybridized carbons (Fsp3) is 0.333. The molecule has 0 bridgehead atoms. The summed E-state index contributed by atoms with van der Waals surface area (Å²) >= 11 is 0. The van der Waals surface area contributed by atoms with Crippen molar-refractivity contribution in [3.8, 4) is 0 Å². The van der Waals surface area contributed by atoms with E-state index >= 15 is 0 Å². The summed E-state index contributed by atoms with van der Waals surface area (Å²) < 4.78 is 35.4. The SMILES string of the molecule is Cc1cc(C(=O)ON2C(=O)CCC2=O)ccc1C1=C2C=C/C(=[N+](/C)CCCS(=O)(=O)[O-])C=C2[Si](C)(C)c2cc(N(C)C)ccc21. The first kappa shape index (κ1) is 32.3. The van der Waals surface area contributed by atoms with E-state index in [-0.39, 0.29) is 24.8 Å². The second-order valence-corrected chi connectivity index (χ2v) is 18.2. The van der Waals surface area contributed by atoms with Crippen LogP contribution in [0, 0.1) is 6.92 Å². The number of fused-ring (bicyclic) bond motifs is 2. The van der Waals surface area contributed by atoms with Gasteiger partial charge in [0.15, 0.2) is 5.71 Å². The summed E-state index contributed by atoms with van der Waals surface area (Å²) in [6.45, 7) is 6.98. The second-order valence-electron chi connectivity index (χ2n) is 12.4. The zero-order chi connectivity index (χ0) is 32.8. The summed E-state index contributed by atoms with van der Waals surface area (Å²) in [6, 6.07) is 11.8. The van der Waals surface area contributed by atoms with Crippen LogP contribution >= 0.6 is 0 Å². The molecule has 0 spiro atoms. The number of hydrogen-bond donors (Lipinski definition) is 0. The molecule has 0 radical (unpaired) electrons. The Bertz CT molecular complexity index is 1850. The number of carbonyl (C=O) groups is 3. The van der Waals surface area contributed by atoms with Gasteiger partial charge < -0.3 is 14.3 Å². The highest BCUT2D eigenvalue weighted by atomic mass is 32.2. The fourth-order valence-corrected chi connectivity index (χ4v) is 9.66. The lowest BCUT2D eigenvalue weighted by molar-refractivity contribution is -0.495. The van der Waals surface area contributed by atoms with E-state index in [9.17, 15) is 27.4 Å². The molecule has 5 rings (SSSR count). The third-order valence-electron chi connectivity index (χ3n) is 8.65. The molecule has 3 aliphatic rings. The molecule has 2 aromatic carbocycles. The highest BCUT2D eigenvalue weighted by Gasteiger charge is 2.41. The van der Waals surface area contributed by atoms with Gasteiger partial charge in [-0.1, -0.05) is 25.2 Å². The summed E-state index contributed by atoms with van der Waals surface area (Å²) in [6.07, 6.45) is 6.58. The summed E-state index contributed by atoms with van der Waals surface area (Å²) in [7, 11) is -0.628. The molecule has 0 aromatic heterocycles. The second kappa shape index (κ2) is 12.0. The van der Waals surface area contributed by atoms with E-state index in [1.165, 1.54) is 10.4 Å². The molecular weight excluding hydrogens is 611 g/mol. The number of hydroxylamine groups is 2. The molecule has 2 amide bonds. The predicted molar refractivity (Wildman–Crippen MR) is 174 cm³/mol. The Morgan fingerprint density at radius 1 is 1.04 bits per heavy atom. The third-order valence-corrected chi connectivity index (χ3v) is 13.0. The van der Waals surface area contributed by atoms with Crippen LogP contribution in [0.3, 0.4) is 0 Å². The standard InChI is InChI=1S/C33H37N3O7SSi/c1-21-18-22(33(39)43-36-30(37)14-15-31(36)38)8-11-25(21)32-26-12-9-23(34(2)3)19-28(26)45(5,6)29-20-24(10-13-27(29)32)35(4)16-7-17-44(40,41)42/h8-13,18-20H,7,14-17H2,1-6H3. The van der Waals surface area contributed by atoms with Crippen molar-refractivity contribution in [1.82, 2.24) is 5.06 Å². The molecule has 236 valence electrons. The summed E-state index contributed by atoms with van der Waals surface area (Å²) in [5, 5.41) is 3.04. The molecule has 2 aliphatic heterocycles. The highest BCUT2D eigenvalue weighted by Crippen LogP contribution is 2.42. The molecule has 2 aromatic rings. The number of allylic oxidation sites excluding steroid dienone is 5. The number of benzene rings is 2. The Morgan fingerprint density at radius 2 is 1.71 bits per heavy atom. The minimum absolute atomic E-state index is 0.0238. The van der Waals surface area contributed by atoms with Gasteiger partial charge in [-0.15, -0.1) is 5.06 Å². The van der Waals surface area contributed by atoms with Crippen molar-refractivity contribution < 1.29 is 36.8 Å². The van der Waals surface area contributed by atoms with Crippen molar-refractivity contribution >= 4 is 58.1 Å². The number of amides is 2. The van der Waals surface area contributed by atoms with Crippen LogP contribution in [0.2, 0.25) is 13.1 Å². The topological polar surface area (TPSA) is 127 Å². The van der Waals surface area contributed by atoms with Crippen molar-refractivity contribution in [3.05, 3.63) is 87.6 Å². The Morgan fingerprint density at radius 3 is 2.33 bits per heavy atom. The predicted octanol–water partition coefficient (Wildman–Crippen LogP) is 3.07. The van der Waals surface area contributed by atoms with Gasteiger partial charge in [-0.2, -0.15) is 0 Å². The fourth-order valence-electron chi connectivity index (χ4n) is 6.10. The minimum Gasteiger partial charge on any atom is -0.748 e. The lowest BCUT2D eigenvalue weighted by atomic mass is 9.87. The summed E-state index contributed by atoms with van der Waals surface area (Å²) in [4.78, 5) is 44.1. The van der Waals surface area contributed by atoms with E-state index in [0.29, 0.717) is 11.6 Å². The molecule has 2 heterocycles. The average Bonchev–Trinajstić information content (AvgIpc) is 3.29. The van der Waals surface area contributed by atoms with Crippen molar-refractivity contribution in [2.75, 3.05) is 38.3 Å². The normalized spacial score (nSPS) is 18.5. The largest absolute Gasteiger partial charge is 0.748 e. The number of nitrogens with zero attached hydrogens (tertiary/aromatic N) is 3. The van der Waals surface area contributed by atoms with Gasteiger partial charge in [0.2, 0.25) is 0 Å². The van der Waals surface area contributed by atoms with Gasteiger partial charge >= 0.3 is 5.97 Å². The molecule has 45 heavy (non-hydrogen) atoms. The Hall–Kier alpha value is -4.13. The van der Waals surface area contributed by atoms with Gasteiger partial charge in [-0.05, 0) is 75.5 Å². The van der Waals surface area contributed by atoms with E-state index in [1.54, 1.807) is 12.1 Å². The van der Waals surface area contributed by atoms with Gasteiger partial charge in [0.05, 0.1) is 15.7 Å². The van der Waals surface area contributed by atoms with Crippen LogP contribution < -0.4 is 10.1 Å². The van der Waals surface area contributed by atoms with Crippen molar-refractivity contribution in [2.45, 2.75) is 39.3 Å². The Kier molecular flexibility index (Phi) is 8.60. The number of carbonyl (C=O) groups excluding carboxylic acids is 3.